The Morgan fingerprint density at radius 1 is 0.750 bits per heavy atom. The number of hydrogen-bond acceptors (Lipinski definition) is 10. The lowest BCUT2D eigenvalue weighted by Gasteiger charge is -2.02. The lowest BCUT2D eigenvalue weighted by atomic mass is 10.2. The lowest BCUT2D eigenvalue weighted by molar-refractivity contribution is -0.409. The van der Waals surface area contributed by atoms with Crippen LogP contribution in [0.1, 0.15) is 0 Å². The number of rotatable bonds is 3. The third-order valence-corrected chi connectivity index (χ3v) is 1.86. The first-order valence-corrected chi connectivity index (χ1v) is 3.90. The van der Waals surface area contributed by atoms with Crippen LogP contribution in [0.3, 0.4) is 0 Å². The summed E-state index contributed by atoms with van der Waals surface area (Å²) >= 11 is 0. The van der Waals surface area contributed by atoms with Gasteiger partial charge in [0.25, 0.3) is 17.3 Å². The van der Waals surface area contributed by atoms with E-state index in [1.807, 2.05) is 0 Å². The van der Waals surface area contributed by atoms with E-state index in [1.165, 1.54) is 0 Å². The van der Waals surface area contributed by atoms with Gasteiger partial charge in [0, 0.05) is 0 Å². The molecule has 0 aliphatic carbocycles. The van der Waals surface area contributed by atoms with Crippen LogP contribution in [-0.4, -0.2) is 25.0 Å². The minimum Gasteiger partial charge on any atom is -0.497 e. The van der Waals surface area contributed by atoms with Crippen LogP contribution in [0.4, 0.5) is 21.5 Å². The summed E-state index contributed by atoms with van der Waals surface area (Å²) in [5.41, 5.74) is -5.42. The Labute approximate surface area is 107 Å². The Morgan fingerprint density at radius 3 is 1.20 bits per heavy atom. The van der Waals surface area contributed by atoms with Crippen LogP contribution in [0.15, 0.2) is 0 Å². The van der Waals surface area contributed by atoms with Crippen molar-refractivity contribution in [1.29, 1.82) is 0 Å². The fourth-order valence-electron chi connectivity index (χ4n) is 1.16. The van der Waals surface area contributed by atoms with Crippen molar-refractivity contribution in [2.45, 2.75) is 0 Å². The smallest absolute Gasteiger partial charge is 0.366 e. The van der Waals surface area contributed by atoms with Crippen LogP contribution in [0.5, 0.6) is 11.5 Å². The summed E-state index contributed by atoms with van der Waals surface area (Å²) in [5.74, 6) is -5.78. The van der Waals surface area contributed by atoms with E-state index >= 15 is 0 Å². The Hall–Kier alpha value is -3.13. The van der Waals surface area contributed by atoms with Crippen LogP contribution < -0.4 is 12.3 Å². The molecular formula is C6H8FN5O8. The highest BCUT2D eigenvalue weighted by molar-refractivity contribution is 5.74. The molecule has 112 valence electrons. The zero-order chi connectivity index (χ0) is 14.2. The summed E-state index contributed by atoms with van der Waals surface area (Å²) in [5, 5.41) is 49.4. The minimum absolute atomic E-state index is 0. The quantitative estimate of drug-likeness (QED) is 0.459. The maximum atomic E-state index is 13.3. The molecule has 0 aliphatic heterocycles. The van der Waals surface area contributed by atoms with Gasteiger partial charge in [0.2, 0.25) is 0 Å². The first-order valence-electron chi connectivity index (χ1n) is 3.90. The number of hydrogen-bond donors (Lipinski definition) is 4. The third kappa shape index (κ3) is 2.65. The van der Waals surface area contributed by atoms with Crippen LogP contribution in [-0.2, 0) is 0 Å². The Kier molecular flexibility index (Phi) is 5.92. The Bertz CT molecular complexity index is 487. The van der Waals surface area contributed by atoms with Gasteiger partial charge < -0.3 is 22.5 Å². The Balaban J connectivity index is 0. The van der Waals surface area contributed by atoms with E-state index in [1.54, 1.807) is 0 Å². The van der Waals surface area contributed by atoms with Crippen LogP contribution in [0.25, 0.3) is 0 Å². The van der Waals surface area contributed by atoms with Gasteiger partial charge >= 0.3 is 17.1 Å². The molecule has 0 bridgehead atoms. The average Bonchev–Trinajstić information content (AvgIpc) is 2.14. The molecular weight excluding hydrogens is 289 g/mol. The number of benzene rings is 1. The fourth-order valence-corrected chi connectivity index (χ4v) is 1.16. The molecule has 13 nitrogen and oxygen atoms in total. The molecule has 0 aromatic heterocycles. The van der Waals surface area contributed by atoms with E-state index in [-0.39, 0.29) is 12.3 Å². The third-order valence-electron chi connectivity index (χ3n) is 1.86. The van der Waals surface area contributed by atoms with Crippen LogP contribution >= 0.6 is 0 Å². The number of nitrogens with zero attached hydrogens (tertiary/aromatic N) is 3. The number of phenols is 2. The van der Waals surface area contributed by atoms with Crippen LogP contribution in [0, 0.1) is 36.2 Å². The van der Waals surface area contributed by atoms with Crippen molar-refractivity contribution in [2.75, 3.05) is 0 Å². The normalized spacial score (nSPS) is 9.05. The molecule has 14 heteroatoms. The van der Waals surface area contributed by atoms with Gasteiger partial charge in [0.05, 0.1) is 14.8 Å². The molecule has 0 unspecified atom stereocenters. The van der Waals surface area contributed by atoms with Gasteiger partial charge in [0.15, 0.2) is 0 Å². The zero-order valence-corrected chi connectivity index (χ0v) is 9.48. The second kappa shape index (κ2) is 6.16. The monoisotopic (exact) mass is 297 g/mol. The molecule has 0 saturated carbocycles. The van der Waals surface area contributed by atoms with E-state index in [4.69, 9.17) is 10.2 Å². The van der Waals surface area contributed by atoms with Gasteiger partial charge in [-0.25, -0.2) is 0 Å². The van der Waals surface area contributed by atoms with E-state index in [2.05, 4.69) is 0 Å². The highest BCUT2D eigenvalue weighted by Crippen LogP contribution is 2.50. The van der Waals surface area contributed by atoms with Crippen molar-refractivity contribution in [3.8, 4) is 11.5 Å². The lowest BCUT2D eigenvalue weighted by Crippen LogP contribution is -2.03. The van der Waals surface area contributed by atoms with Crippen molar-refractivity contribution < 1.29 is 29.4 Å². The Morgan fingerprint density at radius 2 is 1.00 bits per heavy atom. The number of phenolic OH excluding ortho intramolecular Hbond substituents is 2. The molecule has 0 amide bonds. The van der Waals surface area contributed by atoms with Crippen LogP contribution in [0.2, 0.25) is 0 Å². The predicted molar refractivity (Wildman–Crippen MR) is 59.7 cm³/mol. The maximum absolute atomic E-state index is 13.3. The highest BCUT2D eigenvalue weighted by atomic mass is 19.1. The molecule has 0 saturated heterocycles. The van der Waals surface area contributed by atoms with Crippen molar-refractivity contribution >= 4 is 17.1 Å². The summed E-state index contributed by atoms with van der Waals surface area (Å²) in [6.07, 6.45) is 0. The first-order chi connectivity index (χ1) is 8.20. The molecule has 0 fully saturated rings. The van der Waals surface area contributed by atoms with Gasteiger partial charge in [-0.05, 0) is 0 Å². The molecule has 20 heavy (non-hydrogen) atoms. The molecule has 0 aliphatic rings. The van der Waals surface area contributed by atoms with E-state index < -0.39 is 49.1 Å². The summed E-state index contributed by atoms with van der Waals surface area (Å²) in [6, 6.07) is 0. The summed E-state index contributed by atoms with van der Waals surface area (Å²) in [7, 11) is 0. The minimum atomic E-state index is -2.18. The summed E-state index contributed by atoms with van der Waals surface area (Å²) in [6.45, 7) is 0. The topological polar surface area (TPSA) is 240 Å². The van der Waals surface area contributed by atoms with Gasteiger partial charge in [-0.2, -0.15) is 4.39 Å². The van der Waals surface area contributed by atoms with E-state index in [0.717, 1.165) is 0 Å². The second-order valence-electron chi connectivity index (χ2n) is 2.83. The summed E-state index contributed by atoms with van der Waals surface area (Å²) in [4.78, 5) is 26.5. The largest absolute Gasteiger partial charge is 0.497 e. The van der Waals surface area contributed by atoms with Gasteiger partial charge in [-0.3, -0.25) is 30.3 Å². The van der Waals surface area contributed by atoms with Crippen molar-refractivity contribution in [3.63, 3.8) is 0 Å². The molecule has 1 rings (SSSR count). The summed E-state index contributed by atoms with van der Waals surface area (Å²) < 4.78 is 13.3. The van der Waals surface area contributed by atoms with Gasteiger partial charge in [-0.1, -0.05) is 0 Å². The number of aromatic hydroxyl groups is 2. The van der Waals surface area contributed by atoms with E-state index in [9.17, 15) is 34.7 Å². The zero-order valence-electron chi connectivity index (χ0n) is 9.48. The number of nitro groups is 3. The van der Waals surface area contributed by atoms with Crippen molar-refractivity contribution in [3.05, 3.63) is 36.2 Å². The SMILES string of the molecule is N.N.O=[N+]([O-])c1c(O)c([N+](=O)[O-])c(F)c([N+](=O)[O-])c1O. The van der Waals surface area contributed by atoms with Crippen molar-refractivity contribution in [1.82, 2.24) is 12.3 Å². The maximum Gasteiger partial charge on any atom is 0.366 e. The first kappa shape index (κ1) is 19.2. The average molecular weight is 297 g/mol. The second-order valence-corrected chi connectivity index (χ2v) is 2.83. The molecule has 8 N–H and O–H groups in total. The molecule has 0 spiro atoms. The van der Waals surface area contributed by atoms with Crippen molar-refractivity contribution in [2.24, 2.45) is 0 Å². The molecule has 1 aromatic rings. The van der Waals surface area contributed by atoms with E-state index in [0.29, 0.717) is 0 Å². The molecule has 0 atom stereocenters. The number of nitro benzene ring substituents is 3. The van der Waals surface area contributed by atoms with Gasteiger partial charge in [-0.15, -0.1) is 0 Å². The van der Waals surface area contributed by atoms with Gasteiger partial charge in [0.1, 0.15) is 0 Å². The fraction of sp³-hybridized carbons (Fsp3) is 0. The molecule has 0 radical (unpaired) electrons. The molecule has 0 heterocycles. The molecule has 1 aromatic carbocycles. The predicted octanol–water partition coefficient (Wildman–Crippen LogP) is 1.29. The highest BCUT2D eigenvalue weighted by Gasteiger charge is 2.43. The number of halogens is 1. The standard InChI is InChI=1S/C6H2FN3O8.2H3N/c7-1-2(8(13)14)5(11)4(10(17)18)6(12)3(1)9(15)16;;/h11-12H;2*1H3.